The second-order valence-electron chi connectivity index (χ2n) is 10.7. The lowest BCUT2D eigenvalue weighted by Gasteiger charge is -2.27. The van der Waals surface area contributed by atoms with Crippen LogP contribution in [0.2, 0.25) is 0 Å². The summed E-state index contributed by atoms with van der Waals surface area (Å²) in [6, 6.07) is 11.6. The first-order valence-electron chi connectivity index (χ1n) is 15.1. The highest BCUT2D eigenvalue weighted by atomic mass is 32.2. The molecule has 2 atom stereocenters. The van der Waals surface area contributed by atoms with Crippen molar-refractivity contribution in [1.29, 1.82) is 0 Å². The van der Waals surface area contributed by atoms with E-state index in [2.05, 4.69) is 11.9 Å². The number of carbonyl (C=O) groups excluding carboxylic acids is 1. The van der Waals surface area contributed by atoms with E-state index in [4.69, 9.17) is 27.0 Å². The molecular weight excluding hydrogens is 602 g/mol. The molecule has 1 amide bonds. The minimum absolute atomic E-state index is 0.0129. The van der Waals surface area contributed by atoms with Crippen molar-refractivity contribution in [3.63, 3.8) is 0 Å². The SMILES string of the molecule is CCCCCN(CCCOC)C(=O)[C@@H](CCC(=O)O)CS(=O)(=O)c1ccc2ccccc2c1.NC(N)=NCCCC(N)C(=O)O. The van der Waals surface area contributed by atoms with E-state index in [1.54, 1.807) is 30.2 Å². The molecule has 2 rings (SSSR count). The molecule has 8 N–H and O–H groups in total. The molecule has 0 saturated heterocycles. The van der Waals surface area contributed by atoms with Crippen LogP contribution in [0, 0.1) is 5.92 Å². The van der Waals surface area contributed by atoms with Crippen LogP contribution in [0.1, 0.15) is 58.3 Å². The molecule has 13 nitrogen and oxygen atoms in total. The highest BCUT2D eigenvalue weighted by Crippen LogP contribution is 2.24. The Morgan fingerprint density at radius 3 is 2.22 bits per heavy atom. The lowest BCUT2D eigenvalue weighted by Crippen LogP contribution is -2.40. The van der Waals surface area contributed by atoms with Crippen LogP contribution in [-0.4, -0.2) is 92.5 Å². The van der Waals surface area contributed by atoms with Gasteiger partial charge < -0.3 is 37.1 Å². The highest BCUT2D eigenvalue weighted by Gasteiger charge is 2.30. The fourth-order valence-electron chi connectivity index (χ4n) is 4.48. The van der Waals surface area contributed by atoms with E-state index in [0.29, 0.717) is 45.5 Å². The zero-order valence-corrected chi connectivity index (χ0v) is 27.1. The summed E-state index contributed by atoms with van der Waals surface area (Å²) in [5.41, 5.74) is 15.3. The van der Waals surface area contributed by atoms with Gasteiger partial charge in [0.25, 0.3) is 0 Å². The Balaban J connectivity index is 0.000000712. The van der Waals surface area contributed by atoms with Crippen LogP contribution in [0.15, 0.2) is 52.4 Å². The van der Waals surface area contributed by atoms with Gasteiger partial charge >= 0.3 is 11.9 Å². The number of hydrogen-bond acceptors (Lipinski definition) is 8. The number of carbonyl (C=O) groups is 3. The van der Waals surface area contributed by atoms with Crippen LogP contribution in [-0.2, 0) is 29.0 Å². The number of nitrogens with zero attached hydrogens (tertiary/aromatic N) is 2. The fraction of sp³-hybridized carbons (Fsp3) is 0.548. The Kier molecular flexibility index (Phi) is 18.4. The Labute approximate surface area is 265 Å². The van der Waals surface area contributed by atoms with Crippen molar-refractivity contribution in [2.24, 2.45) is 28.1 Å². The Morgan fingerprint density at radius 1 is 0.956 bits per heavy atom. The summed E-state index contributed by atoms with van der Waals surface area (Å²) < 4.78 is 31.6. The summed E-state index contributed by atoms with van der Waals surface area (Å²) in [5.74, 6) is -3.66. The van der Waals surface area contributed by atoms with Gasteiger partial charge in [0.15, 0.2) is 15.8 Å². The first-order chi connectivity index (χ1) is 21.3. The standard InChI is InChI=1S/C25H35NO6S.C6H14N4O2/c1-3-4-7-15-26(16-8-17-32-2)25(29)22(12-14-24(27)28)19-33(30,31)23-13-11-20-9-5-6-10-21(20)18-23;7-4(5(11)12)2-1-3-10-6(8)9/h5-6,9-11,13,18,22H,3-4,7-8,12,14-17,19H2,1-2H3,(H,27,28);4H,1-3,7H2,(H,11,12)(H4,8,9,10)/t22-;/m0./s1. The minimum atomic E-state index is -3.79. The quantitative estimate of drug-likeness (QED) is 0.0794. The smallest absolute Gasteiger partial charge is 0.320 e. The molecule has 0 fully saturated rings. The van der Waals surface area contributed by atoms with E-state index in [1.165, 1.54) is 0 Å². The third-order valence-corrected chi connectivity index (χ3v) is 8.77. The zero-order valence-electron chi connectivity index (χ0n) is 26.3. The number of amides is 1. The van der Waals surface area contributed by atoms with Crippen molar-refractivity contribution in [1.82, 2.24) is 4.90 Å². The molecule has 0 spiro atoms. The van der Waals surface area contributed by atoms with Gasteiger partial charge in [-0.2, -0.15) is 0 Å². The molecule has 2 aromatic rings. The number of carboxylic acid groups (broad SMARTS) is 2. The number of carboxylic acids is 2. The molecule has 252 valence electrons. The molecule has 0 aliphatic heterocycles. The lowest BCUT2D eigenvalue weighted by atomic mass is 10.0. The molecule has 0 aromatic heterocycles. The summed E-state index contributed by atoms with van der Waals surface area (Å²) in [7, 11) is -2.20. The maximum Gasteiger partial charge on any atom is 0.320 e. The van der Waals surface area contributed by atoms with Crippen LogP contribution >= 0.6 is 0 Å². The first-order valence-corrected chi connectivity index (χ1v) is 16.7. The number of fused-ring (bicyclic) bond motifs is 1. The zero-order chi connectivity index (χ0) is 33.8. The molecule has 0 bridgehead atoms. The first kappa shape index (κ1) is 39.3. The van der Waals surface area contributed by atoms with Crippen LogP contribution in [0.4, 0.5) is 0 Å². The van der Waals surface area contributed by atoms with Gasteiger partial charge in [0.2, 0.25) is 5.91 Å². The molecule has 0 aliphatic rings. The molecular formula is C31H49N5O8S. The van der Waals surface area contributed by atoms with Gasteiger partial charge in [0, 0.05) is 39.8 Å². The van der Waals surface area contributed by atoms with E-state index in [1.807, 2.05) is 24.3 Å². The maximum absolute atomic E-state index is 13.4. The van der Waals surface area contributed by atoms with Crippen LogP contribution in [0.25, 0.3) is 10.8 Å². The van der Waals surface area contributed by atoms with Crippen molar-refractivity contribution < 1.29 is 37.8 Å². The fourth-order valence-corrected chi connectivity index (χ4v) is 6.10. The topological polar surface area (TPSA) is 229 Å². The molecule has 0 radical (unpaired) electrons. The number of guanidine groups is 1. The lowest BCUT2D eigenvalue weighted by molar-refractivity contribution is -0.140. The van der Waals surface area contributed by atoms with Gasteiger partial charge in [-0.05, 0) is 55.0 Å². The van der Waals surface area contributed by atoms with Crippen molar-refractivity contribution in [2.75, 3.05) is 39.1 Å². The summed E-state index contributed by atoms with van der Waals surface area (Å²) >= 11 is 0. The van der Waals surface area contributed by atoms with E-state index in [9.17, 15) is 27.9 Å². The number of hydrogen-bond donors (Lipinski definition) is 5. The minimum Gasteiger partial charge on any atom is -0.481 e. The second kappa shape index (κ2) is 21.1. The number of sulfone groups is 1. The molecule has 0 heterocycles. The molecule has 45 heavy (non-hydrogen) atoms. The van der Waals surface area contributed by atoms with Crippen molar-refractivity contribution >= 4 is 44.4 Å². The molecule has 2 aromatic carbocycles. The average Bonchev–Trinajstić information content (AvgIpc) is 3.00. The van der Waals surface area contributed by atoms with Crippen molar-refractivity contribution in [3.05, 3.63) is 42.5 Å². The normalized spacial score (nSPS) is 12.4. The van der Waals surface area contributed by atoms with Gasteiger partial charge in [-0.1, -0.05) is 50.1 Å². The number of aliphatic imine (C=N–C) groups is 1. The average molecular weight is 652 g/mol. The largest absolute Gasteiger partial charge is 0.481 e. The molecule has 0 saturated carbocycles. The number of unbranched alkanes of at least 4 members (excludes halogenated alkanes) is 2. The predicted molar refractivity (Wildman–Crippen MR) is 174 cm³/mol. The molecule has 0 aliphatic carbocycles. The van der Waals surface area contributed by atoms with E-state index < -0.39 is 39.5 Å². The van der Waals surface area contributed by atoms with Gasteiger partial charge in [-0.3, -0.25) is 19.4 Å². The van der Waals surface area contributed by atoms with E-state index in [0.717, 1.165) is 30.0 Å². The van der Waals surface area contributed by atoms with Crippen LogP contribution < -0.4 is 17.2 Å². The number of ether oxygens (including phenoxy) is 1. The van der Waals surface area contributed by atoms with E-state index >= 15 is 0 Å². The van der Waals surface area contributed by atoms with Gasteiger partial charge in [-0.25, -0.2) is 8.42 Å². The monoisotopic (exact) mass is 651 g/mol. The summed E-state index contributed by atoms with van der Waals surface area (Å²) in [5, 5.41) is 19.3. The summed E-state index contributed by atoms with van der Waals surface area (Å²) in [6.07, 6.45) is 4.09. The number of aliphatic carboxylic acids is 2. The number of nitrogens with two attached hydrogens (primary N) is 3. The number of benzene rings is 2. The Morgan fingerprint density at radius 2 is 1.62 bits per heavy atom. The number of methoxy groups -OCH3 is 1. The number of rotatable bonds is 20. The second-order valence-corrected chi connectivity index (χ2v) is 12.7. The Hall–Kier alpha value is -3.75. The van der Waals surface area contributed by atoms with Gasteiger partial charge in [-0.15, -0.1) is 0 Å². The third kappa shape index (κ3) is 15.7. The highest BCUT2D eigenvalue weighted by molar-refractivity contribution is 7.91. The van der Waals surface area contributed by atoms with Crippen LogP contribution in [0.3, 0.4) is 0 Å². The molecule has 1 unspecified atom stereocenters. The third-order valence-electron chi connectivity index (χ3n) is 6.96. The summed E-state index contributed by atoms with van der Waals surface area (Å²) in [4.78, 5) is 40.3. The summed E-state index contributed by atoms with van der Waals surface area (Å²) in [6.45, 7) is 3.96. The van der Waals surface area contributed by atoms with Crippen molar-refractivity contribution in [3.8, 4) is 0 Å². The Bertz CT molecular complexity index is 1340. The van der Waals surface area contributed by atoms with Crippen molar-refractivity contribution in [2.45, 2.75) is 69.2 Å². The molecule has 14 heteroatoms. The maximum atomic E-state index is 13.4. The van der Waals surface area contributed by atoms with Crippen LogP contribution in [0.5, 0.6) is 0 Å². The van der Waals surface area contributed by atoms with Gasteiger partial charge in [0.1, 0.15) is 6.04 Å². The van der Waals surface area contributed by atoms with E-state index in [-0.39, 0.29) is 29.6 Å². The van der Waals surface area contributed by atoms with Gasteiger partial charge in [0.05, 0.1) is 16.6 Å². The predicted octanol–water partition coefficient (Wildman–Crippen LogP) is 2.60.